The molecule has 2 N–H and O–H groups in total. The SMILES string of the molecule is CC(CN1CCOCC1)NC1CCC(NC(=O)OC(C)(C)C)CC1. The Labute approximate surface area is 146 Å². The first kappa shape index (κ1) is 19.5. The summed E-state index contributed by atoms with van der Waals surface area (Å²) in [6.07, 6.45) is 3.95. The molecule has 1 aliphatic heterocycles. The second-order valence-corrected chi connectivity index (χ2v) is 8.18. The fourth-order valence-corrected chi connectivity index (χ4v) is 3.50. The first-order valence-corrected chi connectivity index (χ1v) is 9.37. The average molecular weight is 341 g/mol. The lowest BCUT2D eigenvalue weighted by atomic mass is 9.91. The lowest BCUT2D eigenvalue weighted by Crippen LogP contribution is -2.49. The number of nitrogens with one attached hydrogen (secondary N) is 2. The van der Waals surface area contributed by atoms with Gasteiger partial charge in [0.05, 0.1) is 13.2 Å². The van der Waals surface area contributed by atoms with Gasteiger partial charge in [0.25, 0.3) is 0 Å². The molecule has 1 saturated heterocycles. The topological polar surface area (TPSA) is 62.8 Å². The van der Waals surface area contributed by atoms with Crippen LogP contribution in [0.4, 0.5) is 4.79 Å². The van der Waals surface area contributed by atoms with Crippen LogP contribution >= 0.6 is 0 Å². The van der Waals surface area contributed by atoms with E-state index in [-0.39, 0.29) is 12.1 Å². The summed E-state index contributed by atoms with van der Waals surface area (Å²) in [5.41, 5.74) is -0.433. The Kier molecular flexibility index (Phi) is 7.32. The van der Waals surface area contributed by atoms with Crippen molar-refractivity contribution in [1.29, 1.82) is 0 Å². The summed E-state index contributed by atoms with van der Waals surface area (Å²) in [6.45, 7) is 12.8. The molecule has 6 nitrogen and oxygen atoms in total. The van der Waals surface area contributed by atoms with Crippen LogP contribution < -0.4 is 10.6 Å². The van der Waals surface area contributed by atoms with E-state index in [0.29, 0.717) is 12.1 Å². The number of carbonyl (C=O) groups is 1. The maximum Gasteiger partial charge on any atom is 0.407 e. The normalized spacial score (nSPS) is 27.5. The summed E-state index contributed by atoms with van der Waals surface area (Å²) in [6, 6.07) is 1.29. The van der Waals surface area contributed by atoms with Crippen LogP contribution in [0.1, 0.15) is 53.4 Å². The summed E-state index contributed by atoms with van der Waals surface area (Å²) in [5, 5.41) is 6.76. The molecule has 1 aliphatic carbocycles. The standard InChI is InChI=1S/C18H35N3O3/c1-14(13-21-9-11-23-12-10-21)19-15-5-7-16(8-6-15)20-17(22)24-18(2,3)4/h14-16,19H,5-13H2,1-4H3,(H,20,22). The Morgan fingerprint density at radius 3 is 2.33 bits per heavy atom. The lowest BCUT2D eigenvalue weighted by molar-refractivity contribution is 0.0333. The summed E-state index contributed by atoms with van der Waals surface area (Å²) < 4.78 is 10.7. The predicted molar refractivity (Wildman–Crippen MR) is 95.3 cm³/mol. The molecule has 2 rings (SSSR count). The molecule has 0 spiro atoms. The third-order valence-electron chi connectivity index (χ3n) is 4.60. The van der Waals surface area contributed by atoms with E-state index in [1.807, 2.05) is 20.8 Å². The van der Waals surface area contributed by atoms with Crippen molar-refractivity contribution in [2.75, 3.05) is 32.8 Å². The van der Waals surface area contributed by atoms with Crippen LogP contribution in [0.2, 0.25) is 0 Å². The van der Waals surface area contributed by atoms with Crippen molar-refractivity contribution in [3.05, 3.63) is 0 Å². The van der Waals surface area contributed by atoms with Crippen molar-refractivity contribution in [1.82, 2.24) is 15.5 Å². The van der Waals surface area contributed by atoms with E-state index in [1.165, 1.54) is 0 Å². The number of hydrogen-bond donors (Lipinski definition) is 2. The molecule has 0 radical (unpaired) electrons. The van der Waals surface area contributed by atoms with Gasteiger partial charge in [-0.3, -0.25) is 4.90 Å². The van der Waals surface area contributed by atoms with Gasteiger partial charge < -0.3 is 20.1 Å². The van der Waals surface area contributed by atoms with Crippen LogP contribution in [0.3, 0.4) is 0 Å². The molecule has 2 fully saturated rings. The first-order valence-electron chi connectivity index (χ1n) is 9.37. The van der Waals surface area contributed by atoms with Crippen LogP contribution in [0.5, 0.6) is 0 Å². The highest BCUT2D eigenvalue weighted by atomic mass is 16.6. The van der Waals surface area contributed by atoms with Gasteiger partial charge in [-0.1, -0.05) is 0 Å². The number of alkyl carbamates (subject to hydrolysis) is 1. The maximum absolute atomic E-state index is 11.8. The van der Waals surface area contributed by atoms with E-state index < -0.39 is 5.60 Å². The first-order chi connectivity index (χ1) is 11.3. The molecule has 1 atom stereocenters. The molecule has 1 unspecified atom stereocenters. The van der Waals surface area contributed by atoms with Crippen molar-refractivity contribution in [2.24, 2.45) is 0 Å². The second kappa shape index (κ2) is 9.02. The van der Waals surface area contributed by atoms with Crippen molar-refractivity contribution >= 4 is 6.09 Å². The Morgan fingerprint density at radius 1 is 1.17 bits per heavy atom. The van der Waals surface area contributed by atoms with E-state index in [9.17, 15) is 4.79 Å². The zero-order valence-electron chi connectivity index (χ0n) is 15.8. The minimum atomic E-state index is -0.433. The molecule has 6 heteroatoms. The van der Waals surface area contributed by atoms with Crippen molar-refractivity contribution in [3.8, 4) is 0 Å². The van der Waals surface area contributed by atoms with Gasteiger partial charge in [0.15, 0.2) is 0 Å². The number of ether oxygens (including phenoxy) is 2. The van der Waals surface area contributed by atoms with E-state index in [0.717, 1.165) is 58.5 Å². The van der Waals surface area contributed by atoms with Crippen LogP contribution in [-0.4, -0.2) is 67.6 Å². The van der Waals surface area contributed by atoms with Crippen LogP contribution in [-0.2, 0) is 9.47 Å². The highest BCUT2D eigenvalue weighted by Gasteiger charge is 2.25. The molecule has 0 aromatic carbocycles. The molecule has 0 aromatic rings. The molecule has 140 valence electrons. The number of morpholine rings is 1. The summed E-state index contributed by atoms with van der Waals surface area (Å²) in [4.78, 5) is 14.3. The third-order valence-corrected chi connectivity index (χ3v) is 4.60. The molecule has 1 saturated carbocycles. The Hall–Kier alpha value is -0.850. The largest absolute Gasteiger partial charge is 0.444 e. The zero-order valence-corrected chi connectivity index (χ0v) is 15.8. The highest BCUT2D eigenvalue weighted by Crippen LogP contribution is 2.20. The molecule has 2 aliphatic rings. The van der Waals surface area contributed by atoms with Crippen LogP contribution in [0, 0.1) is 0 Å². The monoisotopic (exact) mass is 341 g/mol. The minimum Gasteiger partial charge on any atom is -0.444 e. The van der Waals surface area contributed by atoms with Gasteiger partial charge in [-0.05, 0) is 53.4 Å². The Morgan fingerprint density at radius 2 is 1.75 bits per heavy atom. The number of nitrogens with zero attached hydrogens (tertiary/aromatic N) is 1. The van der Waals surface area contributed by atoms with Gasteiger partial charge >= 0.3 is 6.09 Å². The van der Waals surface area contributed by atoms with Gasteiger partial charge in [0.2, 0.25) is 0 Å². The van der Waals surface area contributed by atoms with Gasteiger partial charge in [0, 0.05) is 37.8 Å². The fraction of sp³-hybridized carbons (Fsp3) is 0.944. The maximum atomic E-state index is 11.8. The summed E-state index contributed by atoms with van der Waals surface area (Å²) in [7, 11) is 0. The molecule has 0 aromatic heterocycles. The van der Waals surface area contributed by atoms with Crippen molar-refractivity contribution < 1.29 is 14.3 Å². The number of hydrogen-bond acceptors (Lipinski definition) is 5. The minimum absolute atomic E-state index is 0.243. The van der Waals surface area contributed by atoms with E-state index >= 15 is 0 Å². The van der Waals surface area contributed by atoms with Gasteiger partial charge in [-0.15, -0.1) is 0 Å². The van der Waals surface area contributed by atoms with Crippen molar-refractivity contribution in [3.63, 3.8) is 0 Å². The summed E-state index contributed by atoms with van der Waals surface area (Å²) >= 11 is 0. The van der Waals surface area contributed by atoms with E-state index in [1.54, 1.807) is 0 Å². The Bertz CT molecular complexity index is 383. The predicted octanol–water partition coefficient (Wildman–Crippen LogP) is 2.13. The molecule has 0 bridgehead atoms. The lowest BCUT2D eigenvalue weighted by Gasteiger charge is -2.34. The number of amides is 1. The molecular formula is C18H35N3O3. The van der Waals surface area contributed by atoms with Gasteiger partial charge in [-0.25, -0.2) is 4.79 Å². The van der Waals surface area contributed by atoms with Gasteiger partial charge in [-0.2, -0.15) is 0 Å². The molecule has 24 heavy (non-hydrogen) atoms. The summed E-state index contributed by atoms with van der Waals surface area (Å²) in [5.74, 6) is 0. The van der Waals surface area contributed by atoms with E-state index in [4.69, 9.17) is 9.47 Å². The quantitative estimate of drug-likeness (QED) is 0.802. The fourth-order valence-electron chi connectivity index (χ4n) is 3.50. The van der Waals surface area contributed by atoms with Gasteiger partial charge in [0.1, 0.15) is 5.60 Å². The van der Waals surface area contributed by atoms with Crippen molar-refractivity contribution in [2.45, 2.75) is 77.1 Å². The highest BCUT2D eigenvalue weighted by molar-refractivity contribution is 5.68. The average Bonchev–Trinajstić information content (AvgIpc) is 2.48. The molecular weight excluding hydrogens is 306 g/mol. The smallest absolute Gasteiger partial charge is 0.407 e. The molecule has 1 amide bonds. The van der Waals surface area contributed by atoms with E-state index in [2.05, 4.69) is 22.5 Å². The third kappa shape index (κ3) is 7.36. The molecule has 1 heterocycles. The number of carbonyl (C=O) groups excluding carboxylic acids is 1. The van der Waals surface area contributed by atoms with Crippen LogP contribution in [0.15, 0.2) is 0 Å². The zero-order chi connectivity index (χ0) is 17.6. The Balaban J connectivity index is 1.62. The van der Waals surface area contributed by atoms with Crippen LogP contribution in [0.25, 0.3) is 0 Å². The number of rotatable bonds is 5. The second-order valence-electron chi connectivity index (χ2n) is 8.18.